The van der Waals surface area contributed by atoms with Gasteiger partial charge in [-0.15, -0.1) is 0 Å². The Kier molecular flexibility index (Phi) is 5.99. The summed E-state index contributed by atoms with van der Waals surface area (Å²) in [5.41, 5.74) is 0.761. The van der Waals surface area contributed by atoms with Gasteiger partial charge in [-0.25, -0.2) is 4.39 Å². The highest BCUT2D eigenvalue weighted by atomic mass is 19.1. The maximum atomic E-state index is 13.1. The molecule has 1 atom stereocenters. The van der Waals surface area contributed by atoms with E-state index in [1.165, 1.54) is 30.5 Å². The molecule has 8 heteroatoms. The minimum absolute atomic E-state index is 0.0575. The van der Waals surface area contributed by atoms with Gasteiger partial charge < -0.3 is 20.2 Å². The Hall–Kier alpha value is -3.03. The summed E-state index contributed by atoms with van der Waals surface area (Å²) < 4.78 is 18.3. The molecule has 1 heterocycles. The first-order chi connectivity index (χ1) is 11.9. The van der Waals surface area contributed by atoms with Gasteiger partial charge in [-0.2, -0.15) is 0 Å². The predicted molar refractivity (Wildman–Crippen MR) is 88.5 cm³/mol. The van der Waals surface area contributed by atoms with E-state index in [-0.39, 0.29) is 23.5 Å². The van der Waals surface area contributed by atoms with Crippen LogP contribution in [0.5, 0.6) is 5.75 Å². The summed E-state index contributed by atoms with van der Waals surface area (Å²) in [6.07, 6.45) is 1.27. The first-order valence-corrected chi connectivity index (χ1v) is 7.65. The molecule has 0 aliphatic rings. The Balaban J connectivity index is 2.03. The van der Waals surface area contributed by atoms with E-state index >= 15 is 0 Å². The van der Waals surface area contributed by atoms with Crippen LogP contribution in [-0.2, 0) is 4.79 Å². The topological polar surface area (TPSA) is 94.4 Å². The molecular formula is C17H18FN3O4. The number of carbonyl (C=O) groups excluding carboxylic acids is 1. The maximum absolute atomic E-state index is 13.1. The van der Waals surface area contributed by atoms with E-state index in [9.17, 15) is 19.3 Å². The lowest BCUT2D eigenvalue weighted by Gasteiger charge is -2.23. The summed E-state index contributed by atoms with van der Waals surface area (Å²) in [6.45, 7) is 3.44. The van der Waals surface area contributed by atoms with Gasteiger partial charge in [0.2, 0.25) is 5.75 Å². The lowest BCUT2D eigenvalue weighted by atomic mass is 9.96. The average Bonchev–Trinajstić information content (AvgIpc) is 2.58. The van der Waals surface area contributed by atoms with E-state index in [0.717, 1.165) is 5.56 Å². The summed E-state index contributed by atoms with van der Waals surface area (Å²) in [5, 5.41) is 13.7. The van der Waals surface area contributed by atoms with Crippen LogP contribution in [0.15, 0.2) is 42.6 Å². The highest BCUT2D eigenvalue weighted by Gasteiger charge is 2.20. The number of hydrogen-bond donors (Lipinski definition) is 1. The maximum Gasteiger partial charge on any atom is 0.406 e. The van der Waals surface area contributed by atoms with Crippen molar-refractivity contribution in [1.82, 2.24) is 10.3 Å². The number of rotatable bonds is 7. The van der Waals surface area contributed by atoms with Gasteiger partial charge in [0, 0.05) is 0 Å². The van der Waals surface area contributed by atoms with E-state index in [0.29, 0.717) is 0 Å². The summed E-state index contributed by atoms with van der Waals surface area (Å²) in [7, 11) is 0. The molecule has 0 fully saturated rings. The quantitative estimate of drug-likeness (QED) is 0.614. The van der Waals surface area contributed by atoms with Crippen molar-refractivity contribution in [3.63, 3.8) is 0 Å². The Bertz CT molecular complexity index is 750. The van der Waals surface area contributed by atoms with Crippen LogP contribution in [0.4, 0.5) is 10.2 Å². The van der Waals surface area contributed by atoms with Gasteiger partial charge in [-0.1, -0.05) is 26.0 Å². The molecule has 0 spiro atoms. The van der Waals surface area contributed by atoms with Gasteiger partial charge >= 0.3 is 5.82 Å². The van der Waals surface area contributed by atoms with E-state index in [4.69, 9.17) is 4.74 Å². The minimum Gasteiger partial charge on any atom is -0.476 e. The SMILES string of the molecule is CC(C)C(NC(=O)COc1cccnc1[N+](=O)[O-])c1ccc(F)cc1. The van der Waals surface area contributed by atoms with Crippen molar-refractivity contribution in [2.24, 2.45) is 5.92 Å². The van der Waals surface area contributed by atoms with Gasteiger partial charge in [-0.3, -0.25) is 4.79 Å². The Morgan fingerprint density at radius 3 is 2.60 bits per heavy atom. The average molecular weight is 347 g/mol. The highest BCUT2D eigenvalue weighted by molar-refractivity contribution is 5.78. The van der Waals surface area contributed by atoms with Crippen LogP contribution in [0.25, 0.3) is 0 Å². The number of ether oxygens (including phenoxy) is 1. The molecule has 2 aromatic rings. The van der Waals surface area contributed by atoms with Gasteiger partial charge in [0.05, 0.1) is 6.04 Å². The number of carbonyl (C=O) groups is 1. The molecule has 0 aliphatic carbocycles. The number of nitrogens with zero attached hydrogens (tertiary/aromatic N) is 2. The van der Waals surface area contributed by atoms with Crippen molar-refractivity contribution in [1.29, 1.82) is 0 Å². The summed E-state index contributed by atoms with van der Waals surface area (Å²) in [4.78, 5) is 26.0. The summed E-state index contributed by atoms with van der Waals surface area (Å²) in [6, 6.07) is 8.38. The number of hydrogen-bond acceptors (Lipinski definition) is 5. The third kappa shape index (κ3) is 4.97. The van der Waals surface area contributed by atoms with Gasteiger partial charge in [0.25, 0.3) is 5.91 Å². The number of benzene rings is 1. The molecule has 0 aliphatic heterocycles. The first-order valence-electron chi connectivity index (χ1n) is 7.65. The fraction of sp³-hybridized carbons (Fsp3) is 0.294. The smallest absolute Gasteiger partial charge is 0.406 e. The second-order valence-corrected chi connectivity index (χ2v) is 5.71. The van der Waals surface area contributed by atoms with Crippen molar-refractivity contribution in [2.45, 2.75) is 19.9 Å². The largest absolute Gasteiger partial charge is 0.476 e. The number of amides is 1. The van der Waals surface area contributed by atoms with Crippen molar-refractivity contribution in [3.05, 3.63) is 64.1 Å². The molecule has 1 aromatic carbocycles. The number of pyridine rings is 1. The van der Waals surface area contributed by atoms with Crippen LogP contribution in [0.1, 0.15) is 25.5 Å². The molecule has 1 unspecified atom stereocenters. The van der Waals surface area contributed by atoms with Crippen LogP contribution < -0.4 is 10.1 Å². The third-order valence-corrected chi connectivity index (χ3v) is 3.49. The molecule has 0 saturated heterocycles. The minimum atomic E-state index is -0.678. The zero-order valence-electron chi connectivity index (χ0n) is 13.8. The zero-order valence-corrected chi connectivity index (χ0v) is 13.8. The van der Waals surface area contributed by atoms with Crippen molar-refractivity contribution in [2.75, 3.05) is 6.61 Å². The molecule has 2 rings (SSSR count). The molecule has 0 bridgehead atoms. The van der Waals surface area contributed by atoms with Crippen LogP contribution in [-0.4, -0.2) is 22.4 Å². The first kappa shape index (κ1) is 18.3. The predicted octanol–water partition coefficient (Wildman–Crippen LogP) is 3.02. The zero-order chi connectivity index (χ0) is 18.4. The molecular weight excluding hydrogens is 329 g/mol. The molecule has 1 amide bonds. The highest BCUT2D eigenvalue weighted by Crippen LogP contribution is 2.24. The van der Waals surface area contributed by atoms with E-state index in [1.54, 1.807) is 12.1 Å². The lowest BCUT2D eigenvalue weighted by molar-refractivity contribution is -0.390. The van der Waals surface area contributed by atoms with Gasteiger partial charge in [0.15, 0.2) is 6.61 Å². The lowest BCUT2D eigenvalue weighted by Crippen LogP contribution is -2.35. The number of aromatic nitrogens is 1. The van der Waals surface area contributed by atoms with Crippen LogP contribution in [0.2, 0.25) is 0 Å². The second-order valence-electron chi connectivity index (χ2n) is 5.71. The van der Waals surface area contributed by atoms with E-state index in [1.807, 2.05) is 13.8 Å². The van der Waals surface area contributed by atoms with Gasteiger partial charge in [-0.05, 0) is 45.7 Å². The Morgan fingerprint density at radius 1 is 1.32 bits per heavy atom. The summed E-state index contributed by atoms with van der Waals surface area (Å²) >= 11 is 0. The van der Waals surface area contributed by atoms with Gasteiger partial charge in [0.1, 0.15) is 12.0 Å². The molecule has 1 aromatic heterocycles. The van der Waals surface area contributed by atoms with E-state index in [2.05, 4.69) is 10.3 Å². The number of nitro groups is 1. The molecule has 132 valence electrons. The third-order valence-electron chi connectivity index (χ3n) is 3.49. The van der Waals surface area contributed by atoms with E-state index < -0.39 is 23.3 Å². The standard InChI is InChI=1S/C17H18FN3O4/c1-11(2)16(12-5-7-13(18)8-6-12)20-15(22)10-25-14-4-3-9-19-17(14)21(23)24/h3-9,11,16H,10H2,1-2H3,(H,20,22). The van der Waals surface area contributed by atoms with Crippen LogP contribution in [0, 0.1) is 21.8 Å². The second kappa shape index (κ2) is 8.18. The molecule has 0 radical (unpaired) electrons. The van der Waals surface area contributed by atoms with Crippen LogP contribution >= 0.6 is 0 Å². The fourth-order valence-corrected chi connectivity index (χ4v) is 2.30. The molecule has 7 nitrogen and oxygen atoms in total. The molecule has 0 saturated carbocycles. The normalized spacial score (nSPS) is 11.8. The molecule has 1 N–H and O–H groups in total. The van der Waals surface area contributed by atoms with Crippen LogP contribution in [0.3, 0.4) is 0 Å². The van der Waals surface area contributed by atoms with Crippen molar-refractivity contribution in [3.8, 4) is 5.75 Å². The fourth-order valence-electron chi connectivity index (χ4n) is 2.30. The monoisotopic (exact) mass is 347 g/mol. The Labute approximate surface area is 144 Å². The summed E-state index contributed by atoms with van der Waals surface area (Å²) in [5.74, 6) is -1.27. The Morgan fingerprint density at radius 2 is 2.00 bits per heavy atom. The van der Waals surface area contributed by atoms with Crippen molar-refractivity contribution >= 4 is 11.7 Å². The number of nitrogens with one attached hydrogen (secondary N) is 1. The number of halogens is 1. The van der Waals surface area contributed by atoms with Crippen molar-refractivity contribution < 1.29 is 18.8 Å². The molecule has 25 heavy (non-hydrogen) atoms.